The van der Waals surface area contributed by atoms with Gasteiger partial charge in [0.05, 0.1) is 25.9 Å². The van der Waals surface area contributed by atoms with Crippen molar-refractivity contribution in [1.29, 1.82) is 0 Å². The zero-order valence-electron chi connectivity index (χ0n) is 18.0. The molecule has 0 aliphatic heterocycles. The van der Waals surface area contributed by atoms with Crippen molar-refractivity contribution in [3.05, 3.63) is 41.7 Å². The molecule has 3 rings (SSSR count). The summed E-state index contributed by atoms with van der Waals surface area (Å²) in [4.78, 5) is 14.0. The van der Waals surface area contributed by atoms with Crippen LogP contribution in [0.3, 0.4) is 0 Å². The van der Waals surface area contributed by atoms with Crippen molar-refractivity contribution in [2.24, 2.45) is 0 Å². The Balaban J connectivity index is 1.81. The number of carbonyl (C=O) groups excluding carboxylic acids is 1. The first-order valence-electron chi connectivity index (χ1n) is 10.7. The van der Waals surface area contributed by atoms with E-state index >= 15 is 0 Å². The summed E-state index contributed by atoms with van der Waals surface area (Å²) in [6.45, 7) is 4.86. The highest BCUT2D eigenvalue weighted by Gasteiger charge is 2.28. The van der Waals surface area contributed by atoms with Gasteiger partial charge < -0.3 is 10.2 Å². The van der Waals surface area contributed by atoms with Crippen molar-refractivity contribution in [1.82, 2.24) is 20.1 Å². The SMILES string of the molecule is CC[C@H](c1nnc(S[C@H](C)C(=O)NC2CCCC2)n1Cc1ccccc1)[NH+](C)C. The van der Waals surface area contributed by atoms with Gasteiger partial charge >= 0.3 is 0 Å². The third-order valence-corrected chi connectivity index (χ3v) is 6.78. The molecular weight excluding hydrogens is 382 g/mol. The summed E-state index contributed by atoms with van der Waals surface area (Å²) in [5.41, 5.74) is 1.21. The van der Waals surface area contributed by atoms with E-state index in [0.717, 1.165) is 30.2 Å². The van der Waals surface area contributed by atoms with E-state index in [0.29, 0.717) is 12.6 Å². The molecule has 1 aliphatic rings. The van der Waals surface area contributed by atoms with Crippen LogP contribution in [-0.4, -0.2) is 46.1 Å². The summed E-state index contributed by atoms with van der Waals surface area (Å²) in [6.07, 6.45) is 5.61. The molecule has 29 heavy (non-hydrogen) atoms. The van der Waals surface area contributed by atoms with E-state index in [2.05, 4.69) is 65.4 Å². The minimum absolute atomic E-state index is 0.1000. The van der Waals surface area contributed by atoms with Gasteiger partial charge in [0.2, 0.25) is 5.91 Å². The fourth-order valence-corrected chi connectivity index (χ4v) is 4.87. The highest BCUT2D eigenvalue weighted by molar-refractivity contribution is 8.00. The van der Waals surface area contributed by atoms with Gasteiger partial charge in [0.25, 0.3) is 0 Å². The molecule has 0 unspecified atom stereocenters. The third kappa shape index (κ3) is 5.60. The first-order valence-corrected chi connectivity index (χ1v) is 11.6. The summed E-state index contributed by atoms with van der Waals surface area (Å²) >= 11 is 1.51. The number of hydrogen-bond donors (Lipinski definition) is 2. The zero-order valence-corrected chi connectivity index (χ0v) is 18.8. The number of benzene rings is 1. The van der Waals surface area contributed by atoms with Crippen LogP contribution in [0, 0.1) is 0 Å². The van der Waals surface area contributed by atoms with Crippen LogP contribution in [-0.2, 0) is 11.3 Å². The first-order chi connectivity index (χ1) is 14.0. The molecule has 7 heteroatoms. The molecule has 1 aromatic carbocycles. The summed E-state index contributed by atoms with van der Waals surface area (Å²) in [6, 6.07) is 11.0. The number of amides is 1. The molecule has 1 fully saturated rings. The largest absolute Gasteiger partial charge is 0.352 e. The molecule has 0 radical (unpaired) electrons. The van der Waals surface area contributed by atoms with Gasteiger partial charge in [-0.15, -0.1) is 10.2 Å². The van der Waals surface area contributed by atoms with Gasteiger partial charge in [-0.3, -0.25) is 9.36 Å². The molecule has 0 bridgehead atoms. The maximum atomic E-state index is 12.7. The number of carbonyl (C=O) groups is 1. The maximum Gasteiger partial charge on any atom is 0.233 e. The van der Waals surface area contributed by atoms with Gasteiger partial charge in [-0.1, -0.05) is 61.9 Å². The lowest BCUT2D eigenvalue weighted by molar-refractivity contribution is -0.893. The number of thioether (sulfide) groups is 1. The lowest BCUT2D eigenvalue weighted by Crippen LogP contribution is -3.06. The number of hydrogen-bond acceptors (Lipinski definition) is 4. The molecule has 6 nitrogen and oxygen atoms in total. The number of nitrogens with one attached hydrogen (secondary N) is 2. The minimum atomic E-state index is -0.200. The number of quaternary nitrogens is 1. The van der Waals surface area contributed by atoms with Crippen LogP contribution in [0.1, 0.15) is 63.4 Å². The van der Waals surface area contributed by atoms with Gasteiger partial charge in [-0.2, -0.15) is 0 Å². The zero-order chi connectivity index (χ0) is 20.8. The standard InChI is InChI=1S/C22H33N5OS/c1-5-19(26(3)4)20-24-25-22(27(20)15-17-11-7-6-8-12-17)29-16(2)21(28)23-18-13-9-10-14-18/h6-8,11-12,16,18-19H,5,9-10,13-15H2,1-4H3,(H,23,28)/p+1/t16-,19-/m1/s1. The normalized spacial score (nSPS) is 16.9. The molecule has 0 saturated heterocycles. The fourth-order valence-electron chi connectivity index (χ4n) is 4.01. The third-order valence-electron chi connectivity index (χ3n) is 5.70. The highest BCUT2D eigenvalue weighted by Crippen LogP contribution is 2.26. The van der Waals surface area contributed by atoms with Crippen LogP contribution >= 0.6 is 11.8 Å². The van der Waals surface area contributed by atoms with Crippen molar-refractivity contribution >= 4 is 17.7 Å². The van der Waals surface area contributed by atoms with Gasteiger partial charge in [-0.25, -0.2) is 0 Å². The fraction of sp³-hybridized carbons (Fsp3) is 0.591. The molecule has 1 heterocycles. The van der Waals surface area contributed by atoms with Crippen LogP contribution in [0.5, 0.6) is 0 Å². The van der Waals surface area contributed by atoms with Crippen LogP contribution < -0.4 is 10.2 Å². The monoisotopic (exact) mass is 416 g/mol. The van der Waals surface area contributed by atoms with Crippen molar-refractivity contribution in [2.75, 3.05) is 14.1 Å². The average Bonchev–Trinajstić information content (AvgIpc) is 3.34. The molecule has 158 valence electrons. The van der Waals surface area contributed by atoms with E-state index < -0.39 is 0 Å². The molecule has 0 spiro atoms. The van der Waals surface area contributed by atoms with Gasteiger partial charge in [0.1, 0.15) is 6.04 Å². The Morgan fingerprint density at radius 2 is 1.93 bits per heavy atom. The summed E-state index contributed by atoms with van der Waals surface area (Å²) in [5, 5.41) is 12.9. The molecule has 2 N–H and O–H groups in total. The first kappa shape index (κ1) is 21.8. The van der Waals surface area contributed by atoms with Crippen LogP contribution in [0.2, 0.25) is 0 Å². The van der Waals surface area contributed by atoms with Crippen molar-refractivity contribution < 1.29 is 9.69 Å². The second-order valence-corrected chi connectivity index (χ2v) is 9.51. The number of nitrogens with zero attached hydrogens (tertiary/aromatic N) is 3. The van der Waals surface area contributed by atoms with Crippen molar-refractivity contribution in [3.63, 3.8) is 0 Å². The number of aromatic nitrogens is 3. The van der Waals surface area contributed by atoms with Crippen molar-refractivity contribution in [2.45, 2.75) is 75.0 Å². The summed E-state index contributed by atoms with van der Waals surface area (Å²) < 4.78 is 2.19. The van der Waals surface area contributed by atoms with E-state index in [9.17, 15) is 4.79 Å². The van der Waals surface area contributed by atoms with E-state index in [4.69, 9.17) is 0 Å². The Kier molecular flexibility index (Phi) is 7.72. The molecular formula is C22H34N5OS+. The lowest BCUT2D eigenvalue weighted by atomic mass is 10.2. The summed E-state index contributed by atoms with van der Waals surface area (Å²) in [7, 11) is 4.31. The second-order valence-electron chi connectivity index (χ2n) is 8.20. The quantitative estimate of drug-likeness (QED) is 0.617. The average molecular weight is 417 g/mol. The van der Waals surface area contributed by atoms with Crippen LogP contribution in [0.25, 0.3) is 0 Å². The molecule has 2 aromatic rings. The molecule has 1 aromatic heterocycles. The van der Waals surface area contributed by atoms with Gasteiger partial charge in [0, 0.05) is 12.5 Å². The molecule has 1 saturated carbocycles. The van der Waals surface area contributed by atoms with E-state index in [1.165, 1.54) is 35.1 Å². The van der Waals surface area contributed by atoms with Gasteiger partial charge in [-0.05, 0) is 25.3 Å². The Morgan fingerprint density at radius 3 is 2.55 bits per heavy atom. The Morgan fingerprint density at radius 1 is 1.24 bits per heavy atom. The minimum Gasteiger partial charge on any atom is -0.352 e. The van der Waals surface area contributed by atoms with E-state index in [1.54, 1.807) is 0 Å². The van der Waals surface area contributed by atoms with Gasteiger partial charge in [0.15, 0.2) is 11.0 Å². The Hall–Kier alpha value is -1.86. The predicted octanol–water partition coefficient (Wildman–Crippen LogP) is 2.46. The molecule has 2 atom stereocenters. The lowest BCUT2D eigenvalue weighted by Gasteiger charge is -2.21. The maximum absolute atomic E-state index is 12.7. The van der Waals surface area contributed by atoms with E-state index in [-0.39, 0.29) is 17.2 Å². The second kappa shape index (κ2) is 10.3. The summed E-state index contributed by atoms with van der Waals surface area (Å²) in [5.74, 6) is 1.09. The Labute approximate surface area is 178 Å². The smallest absolute Gasteiger partial charge is 0.233 e. The highest BCUT2D eigenvalue weighted by atomic mass is 32.2. The predicted molar refractivity (Wildman–Crippen MR) is 117 cm³/mol. The van der Waals surface area contributed by atoms with Crippen LogP contribution in [0.15, 0.2) is 35.5 Å². The van der Waals surface area contributed by atoms with Crippen molar-refractivity contribution in [3.8, 4) is 0 Å². The molecule has 1 aliphatic carbocycles. The molecule has 1 amide bonds. The Bertz CT molecular complexity index is 786. The number of rotatable bonds is 9. The van der Waals surface area contributed by atoms with Crippen LogP contribution in [0.4, 0.5) is 0 Å². The topological polar surface area (TPSA) is 64.2 Å². The van der Waals surface area contributed by atoms with E-state index in [1.807, 2.05) is 13.0 Å².